The smallest absolute Gasteiger partial charge is 0.253 e. The number of amides is 1. The Bertz CT molecular complexity index is 460. The summed E-state index contributed by atoms with van der Waals surface area (Å²) in [5.74, 6) is 2.22. The second kappa shape index (κ2) is 5.52. The summed E-state index contributed by atoms with van der Waals surface area (Å²) in [7, 11) is 0. The van der Waals surface area contributed by atoms with Gasteiger partial charge in [0.1, 0.15) is 0 Å². The van der Waals surface area contributed by atoms with Crippen LogP contribution in [-0.2, 0) is 0 Å². The largest absolute Gasteiger partial charge is 0.338 e. The fourth-order valence-corrected chi connectivity index (χ4v) is 3.60. The van der Waals surface area contributed by atoms with Crippen LogP contribution in [-0.4, -0.2) is 53.4 Å². The maximum absolute atomic E-state index is 12.4. The molecule has 0 aromatic carbocycles. The first-order chi connectivity index (χ1) is 9.63. The van der Waals surface area contributed by atoms with Gasteiger partial charge in [-0.15, -0.1) is 0 Å². The van der Waals surface area contributed by atoms with Crippen molar-refractivity contribution in [1.82, 2.24) is 14.8 Å². The Hall–Kier alpha value is -1.42. The highest BCUT2D eigenvalue weighted by atomic mass is 16.2. The van der Waals surface area contributed by atoms with Gasteiger partial charge >= 0.3 is 0 Å². The van der Waals surface area contributed by atoms with Crippen molar-refractivity contribution in [2.45, 2.75) is 13.8 Å². The first-order valence-electron chi connectivity index (χ1n) is 7.55. The van der Waals surface area contributed by atoms with Crippen molar-refractivity contribution in [2.75, 3.05) is 32.7 Å². The van der Waals surface area contributed by atoms with E-state index in [4.69, 9.17) is 0 Å². The maximum atomic E-state index is 12.4. The summed E-state index contributed by atoms with van der Waals surface area (Å²) in [6.45, 7) is 9.87. The van der Waals surface area contributed by atoms with Gasteiger partial charge in [0.05, 0.1) is 0 Å². The predicted octanol–water partition coefficient (Wildman–Crippen LogP) is 1.74. The molecule has 1 amide bonds. The van der Waals surface area contributed by atoms with Gasteiger partial charge in [-0.05, 0) is 29.9 Å². The molecule has 0 aliphatic carbocycles. The van der Waals surface area contributed by atoms with Crippen molar-refractivity contribution in [3.8, 4) is 0 Å². The molecular weight excluding hydrogens is 250 g/mol. The normalized spacial score (nSPS) is 26.2. The molecule has 2 aliphatic rings. The molecule has 1 aromatic heterocycles. The monoisotopic (exact) mass is 273 g/mol. The molecule has 108 valence electrons. The Balaban J connectivity index is 1.59. The van der Waals surface area contributed by atoms with Crippen LogP contribution in [0.2, 0.25) is 0 Å². The third kappa shape index (κ3) is 2.70. The van der Waals surface area contributed by atoms with Gasteiger partial charge < -0.3 is 9.80 Å². The first kappa shape index (κ1) is 13.6. The number of carbonyl (C=O) groups excluding carboxylic acids is 1. The minimum absolute atomic E-state index is 0.164. The molecule has 0 radical (unpaired) electrons. The molecule has 2 aliphatic heterocycles. The molecule has 0 unspecified atom stereocenters. The number of carbonyl (C=O) groups is 1. The Labute approximate surface area is 120 Å². The van der Waals surface area contributed by atoms with Crippen LogP contribution in [0.25, 0.3) is 0 Å². The number of rotatable bonds is 3. The molecule has 0 saturated carbocycles. The van der Waals surface area contributed by atoms with Crippen molar-refractivity contribution in [1.29, 1.82) is 0 Å². The van der Waals surface area contributed by atoms with Crippen LogP contribution in [0.3, 0.4) is 0 Å². The summed E-state index contributed by atoms with van der Waals surface area (Å²) in [4.78, 5) is 21.0. The molecule has 2 atom stereocenters. The summed E-state index contributed by atoms with van der Waals surface area (Å²) in [5.41, 5.74) is 0.763. The number of likely N-dealkylation sites (tertiary alicyclic amines) is 2. The van der Waals surface area contributed by atoms with Gasteiger partial charge in [-0.1, -0.05) is 13.8 Å². The molecule has 0 spiro atoms. The SMILES string of the molecule is CC(C)CN1C[C@H]2CN(C(=O)c3ccncc3)C[C@@H]2C1. The summed E-state index contributed by atoms with van der Waals surface area (Å²) in [6, 6.07) is 3.61. The van der Waals surface area contributed by atoms with Crippen molar-refractivity contribution >= 4 is 5.91 Å². The number of nitrogens with zero attached hydrogens (tertiary/aromatic N) is 3. The first-order valence-corrected chi connectivity index (χ1v) is 7.55. The van der Waals surface area contributed by atoms with E-state index in [0.717, 1.165) is 37.7 Å². The minimum atomic E-state index is 0.164. The average Bonchev–Trinajstić information content (AvgIpc) is 2.96. The van der Waals surface area contributed by atoms with Crippen LogP contribution in [0.1, 0.15) is 24.2 Å². The van der Waals surface area contributed by atoms with E-state index in [2.05, 4.69) is 23.7 Å². The highest BCUT2D eigenvalue weighted by molar-refractivity contribution is 5.94. The Morgan fingerprint density at radius 3 is 2.35 bits per heavy atom. The fraction of sp³-hybridized carbons (Fsp3) is 0.625. The van der Waals surface area contributed by atoms with E-state index >= 15 is 0 Å². The molecule has 2 saturated heterocycles. The quantitative estimate of drug-likeness (QED) is 0.841. The highest BCUT2D eigenvalue weighted by Crippen LogP contribution is 2.32. The number of aromatic nitrogens is 1. The summed E-state index contributed by atoms with van der Waals surface area (Å²) in [5, 5.41) is 0. The second-order valence-electron chi connectivity index (χ2n) is 6.58. The summed E-state index contributed by atoms with van der Waals surface area (Å²) >= 11 is 0. The van der Waals surface area contributed by atoms with Crippen molar-refractivity contribution in [2.24, 2.45) is 17.8 Å². The van der Waals surface area contributed by atoms with Crippen molar-refractivity contribution in [3.63, 3.8) is 0 Å². The van der Waals surface area contributed by atoms with Gasteiger partial charge in [-0.2, -0.15) is 0 Å². The lowest BCUT2D eigenvalue weighted by Gasteiger charge is -2.22. The zero-order valence-electron chi connectivity index (χ0n) is 12.3. The highest BCUT2D eigenvalue weighted by Gasteiger charge is 2.41. The van der Waals surface area contributed by atoms with Gasteiger partial charge in [-0.3, -0.25) is 9.78 Å². The van der Waals surface area contributed by atoms with Crippen LogP contribution in [0.5, 0.6) is 0 Å². The summed E-state index contributed by atoms with van der Waals surface area (Å²) in [6.07, 6.45) is 3.38. The molecular formula is C16H23N3O. The molecule has 2 fully saturated rings. The lowest BCUT2D eigenvalue weighted by molar-refractivity contribution is 0.0773. The minimum Gasteiger partial charge on any atom is -0.338 e. The molecule has 20 heavy (non-hydrogen) atoms. The lowest BCUT2D eigenvalue weighted by Crippen LogP contribution is -2.34. The Morgan fingerprint density at radius 2 is 1.80 bits per heavy atom. The van der Waals surface area contributed by atoms with Crippen LogP contribution in [0.4, 0.5) is 0 Å². The number of pyridine rings is 1. The standard InChI is InChI=1S/C16H23N3O/c1-12(2)7-18-8-14-10-19(11-15(14)9-18)16(20)13-3-5-17-6-4-13/h3-6,12,14-15H,7-11H2,1-2H3/t14-,15-/m0/s1. The van der Waals surface area contributed by atoms with Gasteiger partial charge in [0.25, 0.3) is 5.91 Å². The zero-order valence-corrected chi connectivity index (χ0v) is 12.3. The van der Waals surface area contributed by atoms with Crippen molar-refractivity contribution < 1.29 is 4.79 Å². The van der Waals surface area contributed by atoms with E-state index in [9.17, 15) is 4.79 Å². The van der Waals surface area contributed by atoms with Crippen LogP contribution in [0.15, 0.2) is 24.5 Å². The van der Waals surface area contributed by atoms with E-state index in [0.29, 0.717) is 11.8 Å². The van der Waals surface area contributed by atoms with E-state index in [-0.39, 0.29) is 5.91 Å². The summed E-state index contributed by atoms with van der Waals surface area (Å²) < 4.78 is 0. The molecule has 4 heteroatoms. The van der Waals surface area contributed by atoms with Gasteiger partial charge in [0.15, 0.2) is 0 Å². The van der Waals surface area contributed by atoms with Crippen LogP contribution >= 0.6 is 0 Å². The zero-order chi connectivity index (χ0) is 14.1. The van der Waals surface area contributed by atoms with E-state index in [1.807, 2.05) is 17.0 Å². The van der Waals surface area contributed by atoms with E-state index < -0.39 is 0 Å². The molecule has 0 N–H and O–H groups in total. The average molecular weight is 273 g/mol. The number of fused-ring (bicyclic) bond motifs is 1. The molecule has 3 rings (SSSR count). The van der Waals surface area contributed by atoms with E-state index in [1.54, 1.807) is 12.4 Å². The van der Waals surface area contributed by atoms with Gasteiger partial charge in [0, 0.05) is 50.7 Å². The molecule has 4 nitrogen and oxygen atoms in total. The van der Waals surface area contributed by atoms with Gasteiger partial charge in [-0.25, -0.2) is 0 Å². The van der Waals surface area contributed by atoms with E-state index in [1.165, 1.54) is 6.54 Å². The maximum Gasteiger partial charge on any atom is 0.253 e. The van der Waals surface area contributed by atoms with Gasteiger partial charge in [0.2, 0.25) is 0 Å². The molecule has 3 heterocycles. The molecule has 0 bridgehead atoms. The Morgan fingerprint density at radius 1 is 1.20 bits per heavy atom. The molecule has 1 aromatic rings. The Kier molecular flexibility index (Phi) is 3.74. The third-order valence-corrected chi connectivity index (χ3v) is 4.40. The lowest BCUT2D eigenvalue weighted by atomic mass is 10.0. The second-order valence-corrected chi connectivity index (χ2v) is 6.58. The topological polar surface area (TPSA) is 36.4 Å². The third-order valence-electron chi connectivity index (χ3n) is 4.40. The van der Waals surface area contributed by atoms with Crippen LogP contribution < -0.4 is 0 Å². The fourth-order valence-electron chi connectivity index (χ4n) is 3.60. The number of hydrogen-bond donors (Lipinski definition) is 0. The number of hydrogen-bond acceptors (Lipinski definition) is 3. The van der Waals surface area contributed by atoms with Crippen LogP contribution in [0, 0.1) is 17.8 Å². The van der Waals surface area contributed by atoms with Crippen molar-refractivity contribution in [3.05, 3.63) is 30.1 Å². The predicted molar refractivity (Wildman–Crippen MR) is 78.4 cm³/mol.